The summed E-state index contributed by atoms with van der Waals surface area (Å²) in [5.41, 5.74) is 8.87. The van der Waals surface area contributed by atoms with Gasteiger partial charge in [0.2, 0.25) is 0 Å². The summed E-state index contributed by atoms with van der Waals surface area (Å²) >= 11 is 0. The van der Waals surface area contributed by atoms with Crippen molar-refractivity contribution in [1.82, 2.24) is 19.6 Å². The van der Waals surface area contributed by atoms with Crippen molar-refractivity contribution in [3.05, 3.63) is 77.5 Å². The number of ether oxygens (including phenoxy) is 1. The number of nitrogens with zero attached hydrogens (tertiary/aromatic N) is 4. The van der Waals surface area contributed by atoms with E-state index >= 15 is 0 Å². The average Bonchev–Trinajstić information content (AvgIpc) is 3.24. The second-order valence-corrected chi connectivity index (χ2v) is 12.3. The van der Waals surface area contributed by atoms with Crippen LogP contribution in [0.25, 0.3) is 16.8 Å². The van der Waals surface area contributed by atoms with Crippen LogP contribution >= 0.6 is 0 Å². The number of methoxy groups -OCH3 is 1. The lowest BCUT2D eigenvalue weighted by molar-refractivity contribution is 0.308. The third-order valence-corrected chi connectivity index (χ3v) is 9.18. The molecular weight excluding hydrogens is 512 g/mol. The molecule has 1 aliphatic carbocycles. The van der Waals surface area contributed by atoms with Crippen LogP contribution in [0.4, 0.5) is 8.78 Å². The van der Waals surface area contributed by atoms with Crippen molar-refractivity contribution in [1.29, 1.82) is 0 Å². The summed E-state index contributed by atoms with van der Waals surface area (Å²) in [5, 5.41) is 3.94. The molecule has 0 amide bonds. The highest BCUT2D eigenvalue weighted by atomic mass is 32.2. The molecule has 8 nitrogen and oxygen atoms in total. The van der Waals surface area contributed by atoms with E-state index in [9.17, 15) is 17.2 Å². The van der Waals surface area contributed by atoms with E-state index in [2.05, 4.69) is 15.1 Å². The zero-order chi connectivity index (χ0) is 27.2. The minimum Gasteiger partial charge on any atom is -0.497 e. The molecule has 4 aromatic rings. The van der Waals surface area contributed by atoms with Gasteiger partial charge in [0.15, 0.2) is 9.84 Å². The molecule has 0 radical (unpaired) electrons. The number of benzene rings is 1. The summed E-state index contributed by atoms with van der Waals surface area (Å²) in [5.74, 6) is -0.927. The second-order valence-electron chi connectivity index (χ2n) is 10.1. The Morgan fingerprint density at radius 3 is 2.53 bits per heavy atom. The average molecular weight is 542 g/mol. The Hall–Kier alpha value is -3.44. The Bertz CT molecular complexity index is 1570. The lowest BCUT2D eigenvalue weighted by Crippen LogP contribution is -2.48. The summed E-state index contributed by atoms with van der Waals surface area (Å²) in [7, 11) is -1.92. The molecule has 1 fully saturated rings. The molecule has 3 aromatic heterocycles. The van der Waals surface area contributed by atoms with Gasteiger partial charge in [0, 0.05) is 43.2 Å². The summed E-state index contributed by atoms with van der Waals surface area (Å²) in [6, 6.07) is 6.96. The topological polar surface area (TPSA) is 112 Å². The van der Waals surface area contributed by atoms with E-state index in [-0.39, 0.29) is 28.8 Å². The van der Waals surface area contributed by atoms with Gasteiger partial charge in [-0.3, -0.25) is 4.98 Å². The minimum atomic E-state index is -3.26. The summed E-state index contributed by atoms with van der Waals surface area (Å²) in [6.07, 6.45) is 7.98. The smallest absolute Gasteiger partial charge is 0.152 e. The molecule has 1 saturated carbocycles. The molecule has 5 rings (SSSR count). The number of aromatic nitrogens is 4. The van der Waals surface area contributed by atoms with Crippen molar-refractivity contribution in [2.75, 3.05) is 13.4 Å². The van der Waals surface area contributed by atoms with Crippen LogP contribution in [0, 0.1) is 17.6 Å². The molecule has 3 heterocycles. The maximum atomic E-state index is 14.7. The van der Waals surface area contributed by atoms with Crippen LogP contribution < -0.4 is 10.5 Å². The Kier molecular flexibility index (Phi) is 6.91. The largest absolute Gasteiger partial charge is 0.497 e. The fraction of sp³-hybridized carbons (Fsp3) is 0.370. The van der Waals surface area contributed by atoms with E-state index in [1.807, 2.05) is 13.0 Å². The Balaban J connectivity index is 1.48. The van der Waals surface area contributed by atoms with Gasteiger partial charge in [-0.1, -0.05) is 6.92 Å². The van der Waals surface area contributed by atoms with E-state index in [1.54, 1.807) is 35.2 Å². The Labute approximate surface area is 219 Å². The van der Waals surface area contributed by atoms with Gasteiger partial charge in [-0.2, -0.15) is 5.10 Å². The van der Waals surface area contributed by atoms with E-state index in [0.717, 1.165) is 23.3 Å². The van der Waals surface area contributed by atoms with Crippen LogP contribution in [0.5, 0.6) is 5.75 Å². The molecular formula is C27H29F2N5O3S. The highest BCUT2D eigenvalue weighted by Gasteiger charge is 2.40. The first kappa shape index (κ1) is 26.2. The lowest BCUT2D eigenvalue weighted by Gasteiger charge is -2.38. The van der Waals surface area contributed by atoms with Gasteiger partial charge in [0.1, 0.15) is 23.2 Å². The van der Waals surface area contributed by atoms with Crippen molar-refractivity contribution in [3.8, 4) is 17.0 Å². The zero-order valence-electron chi connectivity index (χ0n) is 21.3. The molecule has 38 heavy (non-hydrogen) atoms. The molecule has 1 aromatic carbocycles. The molecule has 0 saturated heterocycles. The summed E-state index contributed by atoms with van der Waals surface area (Å²) in [4.78, 5) is 8.82. The fourth-order valence-electron chi connectivity index (χ4n) is 5.81. The molecule has 2 N–H and O–H groups in total. The van der Waals surface area contributed by atoms with Gasteiger partial charge in [-0.25, -0.2) is 26.7 Å². The number of hydrogen-bond acceptors (Lipinski definition) is 7. The van der Waals surface area contributed by atoms with Crippen LogP contribution in [0.2, 0.25) is 0 Å². The van der Waals surface area contributed by atoms with Gasteiger partial charge in [0.05, 0.1) is 35.3 Å². The number of imidazole rings is 1. The molecule has 4 atom stereocenters. The molecule has 1 aliphatic rings. The van der Waals surface area contributed by atoms with Crippen molar-refractivity contribution in [3.63, 3.8) is 0 Å². The van der Waals surface area contributed by atoms with Crippen molar-refractivity contribution >= 4 is 15.4 Å². The maximum Gasteiger partial charge on any atom is 0.152 e. The number of pyridine rings is 1. The first-order valence-electron chi connectivity index (χ1n) is 12.3. The van der Waals surface area contributed by atoms with Crippen molar-refractivity contribution in [2.45, 2.75) is 43.4 Å². The third kappa shape index (κ3) is 4.88. The summed E-state index contributed by atoms with van der Waals surface area (Å²) in [6.45, 7) is 1.93. The van der Waals surface area contributed by atoms with Crippen molar-refractivity contribution in [2.24, 2.45) is 11.7 Å². The predicted octanol–water partition coefficient (Wildman–Crippen LogP) is 3.92. The lowest BCUT2D eigenvalue weighted by atomic mass is 9.75. The molecule has 0 spiro atoms. The number of rotatable bonds is 6. The van der Waals surface area contributed by atoms with Gasteiger partial charge in [0.25, 0.3) is 0 Å². The van der Waals surface area contributed by atoms with Crippen molar-refractivity contribution < 1.29 is 21.9 Å². The summed E-state index contributed by atoms with van der Waals surface area (Å²) < 4.78 is 60.6. The second kappa shape index (κ2) is 10.0. The number of fused-ring (bicyclic) bond motifs is 1. The number of sulfone groups is 1. The molecule has 0 bridgehead atoms. The molecule has 11 heteroatoms. The van der Waals surface area contributed by atoms with Crippen LogP contribution in [-0.2, 0) is 16.3 Å². The van der Waals surface area contributed by atoms with Crippen LogP contribution in [0.1, 0.15) is 42.6 Å². The molecule has 0 unspecified atom stereocenters. The first-order chi connectivity index (χ1) is 18.1. The van der Waals surface area contributed by atoms with Gasteiger partial charge >= 0.3 is 0 Å². The van der Waals surface area contributed by atoms with Gasteiger partial charge < -0.3 is 10.5 Å². The van der Waals surface area contributed by atoms with E-state index in [4.69, 9.17) is 10.5 Å². The normalized spacial score (nSPS) is 22.1. The first-order valence-corrected chi connectivity index (χ1v) is 14.3. The third-order valence-electron chi connectivity index (χ3n) is 7.38. The van der Waals surface area contributed by atoms with Gasteiger partial charge in [-0.15, -0.1) is 0 Å². The number of hydrogen-bond donors (Lipinski definition) is 1. The van der Waals surface area contributed by atoms with E-state index < -0.39 is 32.8 Å². The highest BCUT2D eigenvalue weighted by molar-refractivity contribution is 7.91. The predicted molar refractivity (Wildman–Crippen MR) is 140 cm³/mol. The number of nitrogens with two attached hydrogens (primary N) is 1. The molecule has 200 valence electrons. The Morgan fingerprint density at radius 1 is 1.13 bits per heavy atom. The maximum absolute atomic E-state index is 14.7. The van der Waals surface area contributed by atoms with Crippen LogP contribution in [0.15, 0.2) is 48.9 Å². The molecule has 0 aliphatic heterocycles. The number of halogens is 2. The monoisotopic (exact) mass is 541 g/mol. The quantitative estimate of drug-likeness (QED) is 0.394. The van der Waals surface area contributed by atoms with Crippen LogP contribution in [-0.4, -0.2) is 52.7 Å². The fourth-order valence-corrected chi connectivity index (χ4v) is 7.51. The van der Waals surface area contributed by atoms with Crippen LogP contribution in [0.3, 0.4) is 0 Å². The highest BCUT2D eigenvalue weighted by Crippen LogP contribution is 2.39. The SMILES string of the molecule is COc1cc(F)c(-c2ccc3cnc(Cc4cnccc4[C@H]4C[C@@H](N)[C@H](S(C)(=O)=O)[C@@H](C)C4)n3n2)c(F)c1. The Morgan fingerprint density at radius 2 is 1.87 bits per heavy atom. The zero-order valence-corrected chi connectivity index (χ0v) is 22.1. The van der Waals surface area contributed by atoms with E-state index in [0.29, 0.717) is 30.6 Å². The van der Waals surface area contributed by atoms with Gasteiger partial charge in [-0.05, 0) is 54.0 Å². The van der Waals surface area contributed by atoms with E-state index in [1.165, 1.54) is 13.4 Å². The standard InChI is InChI=1S/C27H29F2N5O3S/c1-15-8-16(9-23(30)27(15)38(3,35)36)20-6-7-31-13-17(20)10-25-32-14-18-4-5-24(33-34(18)25)26-21(28)11-19(37-2)12-22(26)29/h4-7,11-16,23,27H,8-10,30H2,1-3H3/t15-,16+,23+,27+/m0/s1. The minimum absolute atomic E-state index is 0.0632.